The first-order chi connectivity index (χ1) is 13.5. The highest BCUT2D eigenvalue weighted by Crippen LogP contribution is 2.19. The third-order valence-electron chi connectivity index (χ3n) is 3.80. The maximum absolute atomic E-state index is 12.3. The number of methoxy groups -OCH3 is 2. The topological polar surface area (TPSA) is 112 Å². The largest absolute Gasteiger partial charge is 0.497 e. The van der Waals surface area contributed by atoms with Gasteiger partial charge in [-0.2, -0.15) is 0 Å². The minimum absolute atomic E-state index is 0.155. The molecule has 0 aliphatic heterocycles. The van der Waals surface area contributed by atoms with E-state index >= 15 is 0 Å². The van der Waals surface area contributed by atoms with Crippen molar-refractivity contribution in [2.75, 3.05) is 39.3 Å². The number of benzene rings is 2. The van der Waals surface area contributed by atoms with Crippen molar-refractivity contribution < 1.29 is 23.8 Å². The Hall–Kier alpha value is -3.10. The Balaban J connectivity index is 1.82. The van der Waals surface area contributed by atoms with Crippen molar-refractivity contribution in [2.45, 2.75) is 6.04 Å². The summed E-state index contributed by atoms with van der Waals surface area (Å²) in [6.45, 7) is 0.725. The van der Waals surface area contributed by atoms with Gasteiger partial charge in [0.15, 0.2) is 0 Å². The number of ether oxygens (including phenoxy) is 3. The molecule has 150 valence electrons. The van der Waals surface area contributed by atoms with Gasteiger partial charge >= 0.3 is 0 Å². The Kier molecular flexibility index (Phi) is 8.26. The van der Waals surface area contributed by atoms with Gasteiger partial charge in [-0.15, -0.1) is 0 Å². The standard InChI is InChI=1S/C20H25N3O5/c1-26-13-18(21)20(25)22-10-11-28-17-5-3-4-15(12-17)23-19(24)14-6-8-16(27-2)9-7-14/h3-9,12,18H,10-11,13,21H2,1-2H3,(H,22,25)(H,23,24). The Morgan fingerprint density at radius 1 is 1.07 bits per heavy atom. The van der Waals surface area contributed by atoms with Crippen LogP contribution in [0.2, 0.25) is 0 Å². The highest BCUT2D eigenvalue weighted by molar-refractivity contribution is 6.04. The van der Waals surface area contributed by atoms with E-state index in [9.17, 15) is 9.59 Å². The summed E-state index contributed by atoms with van der Waals surface area (Å²) in [5.74, 6) is 0.718. The number of hydrogen-bond acceptors (Lipinski definition) is 6. The molecule has 2 aromatic rings. The quantitative estimate of drug-likeness (QED) is 0.532. The molecule has 8 heteroatoms. The molecule has 4 N–H and O–H groups in total. The molecule has 0 aromatic heterocycles. The first kappa shape index (κ1) is 21.2. The summed E-state index contributed by atoms with van der Waals surface area (Å²) in [4.78, 5) is 24.0. The lowest BCUT2D eigenvalue weighted by Gasteiger charge is -2.12. The molecule has 2 amide bonds. The molecule has 0 radical (unpaired) electrons. The van der Waals surface area contributed by atoms with Crippen LogP contribution in [0.4, 0.5) is 5.69 Å². The molecule has 2 aromatic carbocycles. The zero-order chi connectivity index (χ0) is 20.4. The monoisotopic (exact) mass is 387 g/mol. The van der Waals surface area contributed by atoms with Crippen LogP contribution in [0.1, 0.15) is 10.4 Å². The predicted octanol–water partition coefficient (Wildman–Crippen LogP) is 1.42. The highest BCUT2D eigenvalue weighted by Gasteiger charge is 2.12. The zero-order valence-corrected chi connectivity index (χ0v) is 15.9. The van der Waals surface area contributed by atoms with Gasteiger partial charge in [-0.05, 0) is 36.4 Å². The zero-order valence-electron chi connectivity index (χ0n) is 15.9. The molecule has 1 unspecified atom stereocenters. The molecule has 0 heterocycles. The summed E-state index contributed by atoms with van der Waals surface area (Å²) in [6.07, 6.45) is 0. The molecule has 28 heavy (non-hydrogen) atoms. The van der Waals surface area contributed by atoms with Crippen LogP contribution in [0, 0.1) is 0 Å². The summed E-state index contributed by atoms with van der Waals surface area (Å²) in [6, 6.07) is 13.1. The number of rotatable bonds is 10. The highest BCUT2D eigenvalue weighted by atomic mass is 16.5. The van der Waals surface area contributed by atoms with Crippen molar-refractivity contribution >= 4 is 17.5 Å². The molecule has 0 saturated carbocycles. The van der Waals surface area contributed by atoms with Crippen LogP contribution in [0.3, 0.4) is 0 Å². The van der Waals surface area contributed by atoms with E-state index in [-0.39, 0.29) is 25.0 Å². The van der Waals surface area contributed by atoms with E-state index in [0.29, 0.717) is 29.3 Å². The molecule has 1 atom stereocenters. The first-order valence-corrected chi connectivity index (χ1v) is 8.74. The Labute approximate surface area is 164 Å². The lowest BCUT2D eigenvalue weighted by molar-refractivity contribution is -0.123. The Morgan fingerprint density at radius 3 is 2.50 bits per heavy atom. The molecular weight excluding hydrogens is 362 g/mol. The number of nitrogens with one attached hydrogen (secondary N) is 2. The van der Waals surface area contributed by atoms with Gasteiger partial charge in [-0.25, -0.2) is 0 Å². The molecule has 0 aliphatic rings. The van der Waals surface area contributed by atoms with Crippen LogP contribution >= 0.6 is 0 Å². The summed E-state index contributed by atoms with van der Waals surface area (Å²) in [5, 5.41) is 5.48. The molecule has 0 bridgehead atoms. The fourth-order valence-electron chi connectivity index (χ4n) is 2.34. The number of anilines is 1. The van der Waals surface area contributed by atoms with E-state index in [1.807, 2.05) is 0 Å². The van der Waals surface area contributed by atoms with Gasteiger partial charge in [0.1, 0.15) is 24.1 Å². The fraction of sp³-hybridized carbons (Fsp3) is 0.300. The van der Waals surface area contributed by atoms with Crippen molar-refractivity contribution in [3.05, 3.63) is 54.1 Å². The van der Waals surface area contributed by atoms with Crippen molar-refractivity contribution in [1.29, 1.82) is 0 Å². The maximum atomic E-state index is 12.3. The van der Waals surface area contributed by atoms with E-state index in [4.69, 9.17) is 19.9 Å². The first-order valence-electron chi connectivity index (χ1n) is 8.74. The van der Waals surface area contributed by atoms with E-state index < -0.39 is 6.04 Å². The van der Waals surface area contributed by atoms with Crippen LogP contribution in [0.15, 0.2) is 48.5 Å². The number of amides is 2. The molecule has 0 saturated heterocycles. The van der Waals surface area contributed by atoms with Crippen LogP contribution in [-0.4, -0.2) is 51.8 Å². The second-order valence-corrected chi connectivity index (χ2v) is 5.91. The van der Waals surface area contributed by atoms with Gasteiger partial charge < -0.3 is 30.6 Å². The summed E-state index contributed by atoms with van der Waals surface area (Å²) < 4.78 is 15.5. The van der Waals surface area contributed by atoms with Gasteiger partial charge in [0.05, 0.1) is 20.3 Å². The molecule has 8 nitrogen and oxygen atoms in total. The van der Waals surface area contributed by atoms with Gasteiger partial charge in [0.2, 0.25) is 5.91 Å². The second kappa shape index (κ2) is 10.9. The third-order valence-corrected chi connectivity index (χ3v) is 3.80. The predicted molar refractivity (Wildman–Crippen MR) is 106 cm³/mol. The van der Waals surface area contributed by atoms with Crippen molar-refractivity contribution in [3.63, 3.8) is 0 Å². The van der Waals surface area contributed by atoms with E-state index in [0.717, 1.165) is 0 Å². The SMILES string of the molecule is COCC(N)C(=O)NCCOc1cccc(NC(=O)c2ccc(OC)cc2)c1. The van der Waals surface area contributed by atoms with Crippen LogP contribution in [0.25, 0.3) is 0 Å². The Bertz CT molecular complexity index is 780. The average molecular weight is 387 g/mol. The number of carbonyl (C=O) groups excluding carboxylic acids is 2. The minimum Gasteiger partial charge on any atom is -0.497 e. The van der Waals surface area contributed by atoms with Gasteiger partial charge in [-0.3, -0.25) is 9.59 Å². The molecule has 0 aliphatic carbocycles. The average Bonchev–Trinajstić information content (AvgIpc) is 2.71. The van der Waals surface area contributed by atoms with Gasteiger partial charge in [0.25, 0.3) is 5.91 Å². The molecule has 2 rings (SSSR count). The Morgan fingerprint density at radius 2 is 1.82 bits per heavy atom. The van der Waals surface area contributed by atoms with Crippen molar-refractivity contribution in [2.24, 2.45) is 5.73 Å². The lowest BCUT2D eigenvalue weighted by Crippen LogP contribution is -2.44. The van der Waals surface area contributed by atoms with E-state index in [1.54, 1.807) is 55.6 Å². The fourth-order valence-corrected chi connectivity index (χ4v) is 2.34. The van der Waals surface area contributed by atoms with Gasteiger partial charge in [0, 0.05) is 24.4 Å². The van der Waals surface area contributed by atoms with E-state index in [2.05, 4.69) is 10.6 Å². The normalized spacial score (nSPS) is 11.4. The molecule has 0 spiro atoms. The minimum atomic E-state index is -0.707. The number of hydrogen-bond donors (Lipinski definition) is 3. The van der Waals surface area contributed by atoms with Gasteiger partial charge in [-0.1, -0.05) is 6.07 Å². The van der Waals surface area contributed by atoms with Crippen LogP contribution in [0.5, 0.6) is 11.5 Å². The van der Waals surface area contributed by atoms with Crippen LogP contribution in [-0.2, 0) is 9.53 Å². The molecule has 0 fully saturated rings. The van der Waals surface area contributed by atoms with Crippen molar-refractivity contribution in [3.8, 4) is 11.5 Å². The summed E-state index contributed by atoms with van der Waals surface area (Å²) in [5.41, 5.74) is 6.74. The van der Waals surface area contributed by atoms with E-state index in [1.165, 1.54) is 7.11 Å². The number of carbonyl (C=O) groups is 2. The maximum Gasteiger partial charge on any atom is 0.255 e. The smallest absolute Gasteiger partial charge is 0.255 e. The lowest BCUT2D eigenvalue weighted by atomic mass is 10.2. The summed E-state index contributed by atoms with van der Waals surface area (Å²) in [7, 11) is 3.05. The number of nitrogens with two attached hydrogens (primary N) is 1. The summed E-state index contributed by atoms with van der Waals surface area (Å²) >= 11 is 0. The van der Waals surface area contributed by atoms with Crippen molar-refractivity contribution in [1.82, 2.24) is 5.32 Å². The second-order valence-electron chi connectivity index (χ2n) is 5.91. The third kappa shape index (κ3) is 6.57. The van der Waals surface area contributed by atoms with Crippen LogP contribution < -0.4 is 25.8 Å². The molecular formula is C20H25N3O5.